The average Bonchev–Trinajstić information content (AvgIpc) is 3.08. The minimum atomic E-state index is -0.358. The molecule has 0 aliphatic rings. The zero-order chi connectivity index (χ0) is 14.8. The molecule has 0 fully saturated rings. The molecule has 3 rings (SSSR count). The number of amides is 1. The molecule has 1 aromatic carbocycles. The molecular weight excluding hydrogens is 294 g/mol. The van der Waals surface area contributed by atoms with E-state index < -0.39 is 0 Å². The number of aromatic nitrogens is 4. The van der Waals surface area contributed by atoms with Crippen molar-refractivity contribution >= 4 is 23.5 Å². The van der Waals surface area contributed by atoms with E-state index in [2.05, 4.69) is 20.6 Å². The van der Waals surface area contributed by atoms with Crippen LogP contribution in [-0.2, 0) is 7.05 Å². The molecule has 1 amide bonds. The summed E-state index contributed by atoms with van der Waals surface area (Å²) in [5.74, 6) is -0.120. The SMILES string of the molecule is Cn1ccc(-c2nnc(NC(=O)c3ccc(Cl)cc3)o2)n1. The maximum absolute atomic E-state index is 12.0. The first-order chi connectivity index (χ1) is 10.1. The van der Waals surface area contributed by atoms with Gasteiger partial charge in [0.15, 0.2) is 0 Å². The Morgan fingerprint density at radius 1 is 1.24 bits per heavy atom. The molecule has 3 aromatic rings. The molecule has 0 unspecified atom stereocenters. The van der Waals surface area contributed by atoms with Crippen molar-refractivity contribution in [1.82, 2.24) is 20.0 Å². The Hall–Kier alpha value is -2.67. The molecule has 2 aromatic heterocycles. The van der Waals surface area contributed by atoms with E-state index >= 15 is 0 Å². The van der Waals surface area contributed by atoms with Crippen molar-refractivity contribution in [1.29, 1.82) is 0 Å². The molecule has 0 saturated carbocycles. The van der Waals surface area contributed by atoms with Crippen LogP contribution in [0.5, 0.6) is 0 Å². The van der Waals surface area contributed by atoms with Gasteiger partial charge in [-0.15, -0.1) is 5.10 Å². The van der Waals surface area contributed by atoms with E-state index in [1.165, 1.54) is 0 Å². The third-order valence-electron chi connectivity index (χ3n) is 2.68. The maximum Gasteiger partial charge on any atom is 0.322 e. The van der Waals surface area contributed by atoms with Gasteiger partial charge in [0.1, 0.15) is 5.69 Å². The molecule has 0 atom stereocenters. The smallest absolute Gasteiger partial charge is 0.322 e. The number of benzene rings is 1. The van der Waals surface area contributed by atoms with Crippen LogP contribution in [0.25, 0.3) is 11.6 Å². The highest BCUT2D eigenvalue weighted by molar-refractivity contribution is 6.30. The van der Waals surface area contributed by atoms with Crippen LogP contribution in [0.2, 0.25) is 5.02 Å². The van der Waals surface area contributed by atoms with Crippen molar-refractivity contribution in [3.8, 4) is 11.6 Å². The highest BCUT2D eigenvalue weighted by Gasteiger charge is 2.14. The quantitative estimate of drug-likeness (QED) is 0.803. The van der Waals surface area contributed by atoms with Gasteiger partial charge in [0.05, 0.1) is 0 Å². The van der Waals surface area contributed by atoms with Gasteiger partial charge in [0, 0.05) is 23.8 Å². The molecule has 0 radical (unpaired) electrons. The Morgan fingerprint density at radius 3 is 2.67 bits per heavy atom. The summed E-state index contributed by atoms with van der Waals surface area (Å²) < 4.78 is 6.96. The van der Waals surface area contributed by atoms with Crippen LogP contribution in [0.15, 0.2) is 40.9 Å². The molecular formula is C13H10ClN5O2. The van der Waals surface area contributed by atoms with Gasteiger partial charge in [-0.05, 0) is 30.3 Å². The number of hydrogen-bond donors (Lipinski definition) is 1. The summed E-state index contributed by atoms with van der Waals surface area (Å²) in [6.45, 7) is 0. The van der Waals surface area contributed by atoms with Gasteiger partial charge in [-0.25, -0.2) is 0 Å². The van der Waals surface area contributed by atoms with Crippen molar-refractivity contribution in [2.75, 3.05) is 5.32 Å². The third-order valence-corrected chi connectivity index (χ3v) is 2.94. The van der Waals surface area contributed by atoms with Crippen molar-refractivity contribution in [2.45, 2.75) is 0 Å². The third kappa shape index (κ3) is 2.92. The minimum Gasteiger partial charge on any atom is -0.401 e. The molecule has 8 heteroatoms. The first-order valence-electron chi connectivity index (χ1n) is 6.02. The van der Waals surface area contributed by atoms with Crippen LogP contribution in [0.3, 0.4) is 0 Å². The zero-order valence-corrected chi connectivity index (χ0v) is 11.7. The summed E-state index contributed by atoms with van der Waals surface area (Å²) in [7, 11) is 1.78. The molecule has 0 saturated heterocycles. The molecule has 0 aliphatic carbocycles. The highest BCUT2D eigenvalue weighted by Crippen LogP contribution is 2.18. The van der Waals surface area contributed by atoms with Crippen LogP contribution in [-0.4, -0.2) is 25.9 Å². The second kappa shape index (κ2) is 5.37. The van der Waals surface area contributed by atoms with Crippen molar-refractivity contribution in [3.63, 3.8) is 0 Å². The number of rotatable bonds is 3. The van der Waals surface area contributed by atoms with Crippen molar-refractivity contribution in [2.24, 2.45) is 7.05 Å². The molecule has 106 valence electrons. The number of halogens is 1. The standard InChI is InChI=1S/C13H10ClN5O2/c1-19-7-6-10(18-19)12-16-17-13(21-12)15-11(20)8-2-4-9(14)5-3-8/h2-7H,1H3,(H,15,17,20). The van der Waals surface area contributed by atoms with E-state index in [0.717, 1.165) is 0 Å². The summed E-state index contributed by atoms with van der Waals surface area (Å²) in [5, 5.41) is 14.8. The van der Waals surface area contributed by atoms with Gasteiger partial charge >= 0.3 is 6.01 Å². The number of hydrogen-bond acceptors (Lipinski definition) is 5. The number of nitrogens with one attached hydrogen (secondary N) is 1. The average molecular weight is 304 g/mol. The summed E-state index contributed by atoms with van der Waals surface area (Å²) in [4.78, 5) is 12.0. The largest absolute Gasteiger partial charge is 0.401 e. The summed E-state index contributed by atoms with van der Waals surface area (Å²) in [6.07, 6.45) is 1.76. The predicted octanol–water partition coefficient (Wildman–Crippen LogP) is 2.38. The first kappa shape index (κ1) is 13.3. The molecule has 0 spiro atoms. The predicted molar refractivity (Wildman–Crippen MR) is 75.9 cm³/mol. The lowest BCUT2D eigenvalue weighted by Crippen LogP contribution is -2.11. The van der Waals surface area contributed by atoms with Gasteiger partial charge in [-0.1, -0.05) is 16.7 Å². The molecule has 1 N–H and O–H groups in total. The van der Waals surface area contributed by atoms with E-state index in [1.807, 2.05) is 0 Å². The second-order valence-electron chi connectivity index (χ2n) is 4.25. The summed E-state index contributed by atoms with van der Waals surface area (Å²) in [6, 6.07) is 8.21. The number of carbonyl (C=O) groups excluding carboxylic acids is 1. The molecule has 2 heterocycles. The number of aryl methyl sites for hydroxylation is 1. The van der Waals surface area contributed by atoms with Crippen LogP contribution >= 0.6 is 11.6 Å². The molecule has 0 aliphatic heterocycles. The topological polar surface area (TPSA) is 85.8 Å². The van der Waals surface area contributed by atoms with E-state index in [-0.39, 0.29) is 17.8 Å². The van der Waals surface area contributed by atoms with Gasteiger partial charge in [-0.3, -0.25) is 14.8 Å². The Morgan fingerprint density at radius 2 is 2.00 bits per heavy atom. The van der Waals surface area contributed by atoms with Gasteiger partial charge in [0.25, 0.3) is 11.8 Å². The monoisotopic (exact) mass is 303 g/mol. The lowest BCUT2D eigenvalue weighted by Gasteiger charge is -2.00. The zero-order valence-electron chi connectivity index (χ0n) is 10.9. The second-order valence-corrected chi connectivity index (χ2v) is 4.68. The van der Waals surface area contributed by atoms with Crippen LogP contribution in [0.1, 0.15) is 10.4 Å². The fourth-order valence-electron chi connectivity index (χ4n) is 1.68. The van der Waals surface area contributed by atoms with E-state index in [1.54, 1.807) is 48.3 Å². The fourth-order valence-corrected chi connectivity index (χ4v) is 1.80. The Balaban J connectivity index is 1.75. The number of anilines is 1. The molecule has 7 nitrogen and oxygen atoms in total. The van der Waals surface area contributed by atoms with E-state index in [9.17, 15) is 4.79 Å². The normalized spacial score (nSPS) is 10.6. The lowest BCUT2D eigenvalue weighted by molar-refractivity contribution is 0.102. The first-order valence-corrected chi connectivity index (χ1v) is 6.40. The van der Waals surface area contributed by atoms with Gasteiger partial charge < -0.3 is 4.42 Å². The molecule has 21 heavy (non-hydrogen) atoms. The minimum absolute atomic E-state index is 0.00982. The Kier molecular flexibility index (Phi) is 3.41. The van der Waals surface area contributed by atoms with Crippen LogP contribution in [0, 0.1) is 0 Å². The molecule has 0 bridgehead atoms. The fraction of sp³-hybridized carbons (Fsp3) is 0.0769. The highest BCUT2D eigenvalue weighted by atomic mass is 35.5. The van der Waals surface area contributed by atoms with E-state index in [0.29, 0.717) is 16.3 Å². The van der Waals surface area contributed by atoms with Crippen molar-refractivity contribution < 1.29 is 9.21 Å². The Labute approximate surface area is 124 Å². The van der Waals surface area contributed by atoms with Crippen molar-refractivity contribution in [3.05, 3.63) is 47.1 Å². The van der Waals surface area contributed by atoms with Gasteiger partial charge in [0.2, 0.25) is 0 Å². The lowest BCUT2D eigenvalue weighted by atomic mass is 10.2. The summed E-state index contributed by atoms with van der Waals surface area (Å²) >= 11 is 5.77. The van der Waals surface area contributed by atoms with Crippen LogP contribution < -0.4 is 5.32 Å². The maximum atomic E-state index is 12.0. The van der Waals surface area contributed by atoms with Gasteiger partial charge in [-0.2, -0.15) is 5.10 Å². The number of carbonyl (C=O) groups is 1. The number of nitrogens with zero attached hydrogens (tertiary/aromatic N) is 4. The van der Waals surface area contributed by atoms with E-state index in [4.69, 9.17) is 16.0 Å². The Bertz CT molecular complexity index is 778. The summed E-state index contributed by atoms with van der Waals surface area (Å²) in [5.41, 5.74) is 0.981. The van der Waals surface area contributed by atoms with Crippen LogP contribution in [0.4, 0.5) is 6.01 Å².